The average molecular weight is 345 g/mol. The Bertz CT molecular complexity index is 677. The Hall–Kier alpha value is -2.34. The van der Waals surface area contributed by atoms with Crippen LogP contribution in [-0.4, -0.2) is 36.2 Å². The van der Waals surface area contributed by atoms with E-state index in [0.29, 0.717) is 26.2 Å². The van der Waals surface area contributed by atoms with Crippen molar-refractivity contribution in [2.75, 3.05) is 20.2 Å². The Morgan fingerprint density at radius 1 is 1.36 bits per heavy atom. The number of aromatic nitrogens is 1. The minimum atomic E-state index is -0.0193. The molecular formula is C19H27N3O3. The third kappa shape index (κ3) is 5.90. The van der Waals surface area contributed by atoms with Gasteiger partial charge < -0.3 is 14.6 Å². The molecule has 136 valence electrons. The second-order valence-electron chi connectivity index (χ2n) is 6.25. The maximum absolute atomic E-state index is 12.2. The fraction of sp³-hybridized carbons (Fsp3) is 0.474. The van der Waals surface area contributed by atoms with Gasteiger partial charge in [-0.25, -0.2) is 0 Å². The van der Waals surface area contributed by atoms with Gasteiger partial charge in [0.1, 0.15) is 11.5 Å². The van der Waals surface area contributed by atoms with Gasteiger partial charge in [0.25, 0.3) is 0 Å². The summed E-state index contributed by atoms with van der Waals surface area (Å²) in [7, 11) is 1.91. The van der Waals surface area contributed by atoms with E-state index in [2.05, 4.69) is 17.4 Å². The maximum Gasteiger partial charge on any atom is 0.234 e. The van der Waals surface area contributed by atoms with E-state index < -0.39 is 0 Å². The van der Waals surface area contributed by atoms with E-state index in [0.717, 1.165) is 34.8 Å². The minimum absolute atomic E-state index is 0.0193. The van der Waals surface area contributed by atoms with Crippen LogP contribution in [0, 0.1) is 13.8 Å². The minimum Gasteiger partial charge on any atom is -0.494 e. The lowest BCUT2D eigenvalue weighted by atomic mass is 10.2. The Balaban J connectivity index is 1.80. The van der Waals surface area contributed by atoms with Crippen LogP contribution in [-0.2, 0) is 17.9 Å². The molecule has 1 amide bonds. The van der Waals surface area contributed by atoms with Crippen molar-refractivity contribution >= 4 is 5.91 Å². The molecule has 0 aliphatic carbocycles. The van der Waals surface area contributed by atoms with Crippen molar-refractivity contribution < 1.29 is 14.1 Å². The molecule has 0 atom stereocenters. The van der Waals surface area contributed by atoms with Gasteiger partial charge in [0.05, 0.1) is 18.8 Å². The van der Waals surface area contributed by atoms with Crippen LogP contribution < -0.4 is 10.1 Å². The molecule has 25 heavy (non-hydrogen) atoms. The second-order valence-corrected chi connectivity index (χ2v) is 6.25. The molecule has 1 aromatic heterocycles. The van der Waals surface area contributed by atoms with Gasteiger partial charge in [-0.3, -0.25) is 9.69 Å². The highest BCUT2D eigenvalue weighted by molar-refractivity contribution is 5.78. The highest BCUT2D eigenvalue weighted by Gasteiger charge is 2.13. The van der Waals surface area contributed by atoms with Gasteiger partial charge in [-0.15, -0.1) is 0 Å². The lowest BCUT2D eigenvalue weighted by Crippen LogP contribution is -2.34. The number of rotatable bonds is 9. The van der Waals surface area contributed by atoms with Gasteiger partial charge in [-0.05, 0) is 45.0 Å². The number of nitrogens with one attached hydrogen (secondary N) is 1. The van der Waals surface area contributed by atoms with Crippen LogP contribution in [0.25, 0.3) is 0 Å². The zero-order valence-electron chi connectivity index (χ0n) is 15.5. The Morgan fingerprint density at radius 3 is 2.84 bits per heavy atom. The summed E-state index contributed by atoms with van der Waals surface area (Å²) >= 11 is 0. The van der Waals surface area contributed by atoms with Gasteiger partial charge in [0.2, 0.25) is 5.91 Å². The predicted octanol–water partition coefficient (Wildman–Crippen LogP) is 2.83. The monoisotopic (exact) mass is 345 g/mol. The zero-order chi connectivity index (χ0) is 18.2. The van der Waals surface area contributed by atoms with Gasteiger partial charge in [0, 0.05) is 18.7 Å². The lowest BCUT2D eigenvalue weighted by molar-refractivity contribution is -0.122. The molecule has 0 fully saturated rings. The summed E-state index contributed by atoms with van der Waals surface area (Å²) in [6.07, 6.45) is 0.971. The molecule has 1 N–H and O–H groups in total. The van der Waals surface area contributed by atoms with Crippen molar-refractivity contribution in [3.8, 4) is 5.75 Å². The summed E-state index contributed by atoms with van der Waals surface area (Å²) < 4.78 is 10.8. The van der Waals surface area contributed by atoms with E-state index >= 15 is 0 Å². The molecular weight excluding hydrogens is 318 g/mol. The van der Waals surface area contributed by atoms with Crippen LogP contribution >= 0.6 is 0 Å². The highest BCUT2D eigenvalue weighted by atomic mass is 16.5. The van der Waals surface area contributed by atoms with Gasteiger partial charge in [0.15, 0.2) is 0 Å². The van der Waals surface area contributed by atoms with Crippen molar-refractivity contribution in [1.82, 2.24) is 15.4 Å². The standard InChI is InChI=1S/C19H27N3O3/c1-5-9-24-17-8-6-7-16(10-17)11-20-19(23)13-22(4)12-18-14(2)21-25-15(18)3/h6-8,10H,5,9,11-13H2,1-4H3,(H,20,23). The molecule has 6 nitrogen and oxygen atoms in total. The van der Waals surface area contributed by atoms with Crippen molar-refractivity contribution in [1.29, 1.82) is 0 Å². The average Bonchev–Trinajstić information content (AvgIpc) is 2.90. The summed E-state index contributed by atoms with van der Waals surface area (Å²) in [5.41, 5.74) is 2.93. The number of hydrogen-bond acceptors (Lipinski definition) is 5. The van der Waals surface area contributed by atoms with Crippen LogP contribution in [0.4, 0.5) is 0 Å². The van der Waals surface area contributed by atoms with E-state index in [1.165, 1.54) is 0 Å². The third-order valence-corrected chi connectivity index (χ3v) is 3.88. The molecule has 0 saturated heterocycles. The van der Waals surface area contributed by atoms with Crippen LogP contribution in [0.5, 0.6) is 5.75 Å². The van der Waals surface area contributed by atoms with E-state index in [4.69, 9.17) is 9.26 Å². The van der Waals surface area contributed by atoms with Crippen molar-refractivity contribution in [2.45, 2.75) is 40.3 Å². The Kier molecular flexibility index (Phi) is 7.01. The first-order chi connectivity index (χ1) is 12.0. The molecule has 0 bridgehead atoms. The van der Waals surface area contributed by atoms with Gasteiger partial charge in [-0.2, -0.15) is 0 Å². The SMILES string of the molecule is CCCOc1cccc(CNC(=O)CN(C)Cc2c(C)noc2C)c1. The molecule has 2 rings (SSSR count). The van der Waals surface area contributed by atoms with E-state index in [9.17, 15) is 4.79 Å². The molecule has 6 heteroatoms. The first-order valence-corrected chi connectivity index (χ1v) is 8.58. The normalized spacial score (nSPS) is 10.9. The quantitative estimate of drug-likeness (QED) is 0.757. The topological polar surface area (TPSA) is 67.6 Å². The summed E-state index contributed by atoms with van der Waals surface area (Å²) in [5.74, 6) is 1.62. The zero-order valence-corrected chi connectivity index (χ0v) is 15.5. The van der Waals surface area contributed by atoms with Crippen LogP contribution in [0.3, 0.4) is 0 Å². The molecule has 0 unspecified atom stereocenters. The molecule has 0 radical (unpaired) electrons. The molecule has 0 aliphatic heterocycles. The number of carbonyl (C=O) groups is 1. The second kappa shape index (κ2) is 9.22. The maximum atomic E-state index is 12.2. The number of benzene rings is 1. The van der Waals surface area contributed by atoms with E-state index in [-0.39, 0.29) is 5.91 Å². The van der Waals surface area contributed by atoms with Crippen molar-refractivity contribution in [3.05, 3.63) is 46.8 Å². The van der Waals surface area contributed by atoms with Crippen LogP contribution in [0.1, 0.15) is 35.9 Å². The number of ether oxygens (including phenoxy) is 1. The van der Waals surface area contributed by atoms with Crippen LogP contribution in [0.2, 0.25) is 0 Å². The molecule has 0 saturated carbocycles. The first kappa shape index (κ1) is 19.0. The molecule has 0 aliphatic rings. The molecule has 2 aromatic rings. The summed E-state index contributed by atoms with van der Waals surface area (Å²) in [6.45, 7) is 8.00. The Labute approximate surface area is 149 Å². The number of hydrogen-bond donors (Lipinski definition) is 1. The molecule has 1 heterocycles. The number of nitrogens with zero attached hydrogens (tertiary/aromatic N) is 2. The van der Waals surface area contributed by atoms with E-state index in [1.807, 2.05) is 50.1 Å². The Morgan fingerprint density at radius 2 is 2.16 bits per heavy atom. The lowest BCUT2D eigenvalue weighted by Gasteiger charge is -2.16. The van der Waals surface area contributed by atoms with Crippen molar-refractivity contribution in [2.24, 2.45) is 0 Å². The molecule has 0 spiro atoms. The summed E-state index contributed by atoms with van der Waals surface area (Å²) in [6, 6.07) is 7.81. The summed E-state index contributed by atoms with van der Waals surface area (Å²) in [5, 5.41) is 6.89. The number of aryl methyl sites for hydroxylation is 2. The fourth-order valence-electron chi connectivity index (χ4n) is 2.52. The largest absolute Gasteiger partial charge is 0.494 e. The number of carbonyl (C=O) groups excluding carboxylic acids is 1. The van der Waals surface area contributed by atoms with Crippen molar-refractivity contribution in [3.63, 3.8) is 0 Å². The fourth-order valence-corrected chi connectivity index (χ4v) is 2.52. The molecule has 1 aromatic carbocycles. The number of likely N-dealkylation sites (N-methyl/N-ethyl adjacent to an activating group) is 1. The predicted molar refractivity (Wildman–Crippen MR) is 96.4 cm³/mol. The first-order valence-electron chi connectivity index (χ1n) is 8.58. The van der Waals surface area contributed by atoms with Gasteiger partial charge >= 0.3 is 0 Å². The smallest absolute Gasteiger partial charge is 0.234 e. The van der Waals surface area contributed by atoms with Gasteiger partial charge in [-0.1, -0.05) is 24.2 Å². The number of amides is 1. The third-order valence-electron chi connectivity index (χ3n) is 3.88. The van der Waals surface area contributed by atoms with E-state index in [1.54, 1.807) is 0 Å². The van der Waals surface area contributed by atoms with Crippen LogP contribution in [0.15, 0.2) is 28.8 Å². The summed E-state index contributed by atoms with van der Waals surface area (Å²) in [4.78, 5) is 14.1. The highest BCUT2D eigenvalue weighted by Crippen LogP contribution is 2.15.